The lowest BCUT2D eigenvalue weighted by atomic mass is 9.89. The zero-order chi connectivity index (χ0) is 21.1. The van der Waals surface area contributed by atoms with E-state index in [4.69, 9.17) is 17.3 Å². The molecule has 0 saturated heterocycles. The summed E-state index contributed by atoms with van der Waals surface area (Å²) in [6.07, 6.45) is 6.11. The van der Waals surface area contributed by atoms with Crippen molar-refractivity contribution in [3.05, 3.63) is 70.4 Å². The van der Waals surface area contributed by atoms with E-state index in [1.165, 1.54) is 32.1 Å². The summed E-state index contributed by atoms with van der Waals surface area (Å²) in [6.45, 7) is 1.16. The van der Waals surface area contributed by atoms with Crippen molar-refractivity contribution in [2.45, 2.75) is 38.6 Å². The van der Waals surface area contributed by atoms with Crippen molar-refractivity contribution >= 4 is 34.3 Å². The van der Waals surface area contributed by atoms with Crippen molar-refractivity contribution in [1.82, 2.24) is 9.88 Å². The number of carbonyl (C=O) groups excluding carboxylic acids is 2. The first kappa shape index (κ1) is 20.5. The molecule has 0 spiro atoms. The van der Waals surface area contributed by atoms with Crippen LogP contribution in [0.2, 0.25) is 5.02 Å². The molecule has 3 aromatic rings. The average Bonchev–Trinajstić information content (AvgIpc) is 3.05. The van der Waals surface area contributed by atoms with E-state index in [0.717, 1.165) is 16.5 Å². The molecule has 1 heterocycles. The van der Waals surface area contributed by atoms with E-state index in [1.807, 2.05) is 41.0 Å². The second-order valence-corrected chi connectivity index (χ2v) is 8.42. The Morgan fingerprint density at radius 1 is 1.03 bits per heavy atom. The number of nitrogens with zero attached hydrogens (tertiary/aromatic N) is 1. The maximum absolute atomic E-state index is 13.2. The Morgan fingerprint density at radius 2 is 1.73 bits per heavy atom. The summed E-state index contributed by atoms with van der Waals surface area (Å²) in [5.74, 6) is -0.0602. The number of amides is 2. The Bertz CT molecular complexity index is 1070. The average molecular weight is 424 g/mol. The van der Waals surface area contributed by atoms with Crippen molar-refractivity contribution in [3.8, 4) is 0 Å². The van der Waals surface area contributed by atoms with Gasteiger partial charge in [0.2, 0.25) is 5.91 Å². The number of benzene rings is 2. The molecule has 2 amide bonds. The molecule has 5 nitrogen and oxygen atoms in total. The van der Waals surface area contributed by atoms with Gasteiger partial charge in [0.15, 0.2) is 0 Å². The molecule has 1 aliphatic rings. The highest BCUT2D eigenvalue weighted by atomic mass is 35.5. The van der Waals surface area contributed by atoms with E-state index < -0.39 is 5.91 Å². The molecule has 1 saturated carbocycles. The van der Waals surface area contributed by atoms with Gasteiger partial charge in [0.1, 0.15) is 5.69 Å². The van der Waals surface area contributed by atoms with Crippen molar-refractivity contribution in [3.63, 3.8) is 0 Å². The first-order chi connectivity index (χ1) is 14.5. The van der Waals surface area contributed by atoms with E-state index in [9.17, 15) is 9.59 Å². The minimum atomic E-state index is -0.459. The Morgan fingerprint density at radius 3 is 2.43 bits per heavy atom. The number of nitrogens with two attached hydrogens (primary N) is 1. The van der Waals surface area contributed by atoms with Crippen LogP contribution in [0, 0.1) is 5.92 Å². The molecule has 0 unspecified atom stereocenters. The largest absolute Gasteiger partial charge is 0.366 e. The van der Waals surface area contributed by atoms with Crippen molar-refractivity contribution in [1.29, 1.82) is 0 Å². The first-order valence-corrected chi connectivity index (χ1v) is 10.9. The number of aromatic nitrogens is 1. The topological polar surface area (TPSA) is 77.1 Å². The van der Waals surface area contributed by atoms with Crippen LogP contribution in [0.3, 0.4) is 0 Å². The number of para-hydroxylation sites is 1. The van der Waals surface area contributed by atoms with E-state index in [2.05, 4.69) is 5.32 Å². The summed E-state index contributed by atoms with van der Waals surface area (Å²) in [7, 11) is 0. The van der Waals surface area contributed by atoms with Gasteiger partial charge in [-0.1, -0.05) is 61.2 Å². The number of carbonyl (C=O) groups is 2. The third kappa shape index (κ3) is 4.21. The maximum Gasteiger partial charge on any atom is 0.269 e. The van der Waals surface area contributed by atoms with Crippen LogP contribution in [0.4, 0.5) is 0 Å². The molecule has 30 heavy (non-hydrogen) atoms. The van der Waals surface area contributed by atoms with Crippen LogP contribution in [0.15, 0.2) is 48.5 Å². The van der Waals surface area contributed by atoms with Crippen LogP contribution in [-0.4, -0.2) is 22.9 Å². The van der Waals surface area contributed by atoms with Gasteiger partial charge in [-0.2, -0.15) is 0 Å². The molecule has 1 aliphatic carbocycles. The molecule has 6 heteroatoms. The van der Waals surface area contributed by atoms with Crippen molar-refractivity contribution in [2.24, 2.45) is 11.7 Å². The number of halogens is 1. The Hall–Kier alpha value is -2.79. The Kier molecular flexibility index (Phi) is 6.09. The van der Waals surface area contributed by atoms with E-state index in [0.29, 0.717) is 35.3 Å². The molecular weight excluding hydrogens is 398 g/mol. The minimum Gasteiger partial charge on any atom is -0.366 e. The van der Waals surface area contributed by atoms with Gasteiger partial charge in [-0.15, -0.1) is 0 Å². The molecule has 0 atom stereocenters. The highest BCUT2D eigenvalue weighted by molar-refractivity contribution is 6.38. The normalized spacial score (nSPS) is 14.7. The lowest BCUT2D eigenvalue weighted by Crippen LogP contribution is -2.32. The fourth-order valence-electron chi connectivity index (χ4n) is 4.32. The summed E-state index contributed by atoms with van der Waals surface area (Å²) in [5.41, 5.74) is 8.14. The van der Waals surface area contributed by atoms with Gasteiger partial charge in [0, 0.05) is 24.0 Å². The molecule has 0 radical (unpaired) electrons. The predicted molar refractivity (Wildman–Crippen MR) is 120 cm³/mol. The molecule has 0 aliphatic heterocycles. The summed E-state index contributed by atoms with van der Waals surface area (Å²) < 4.78 is 1.95. The zero-order valence-electron chi connectivity index (χ0n) is 16.9. The number of primary amides is 1. The third-order valence-corrected chi connectivity index (χ3v) is 6.36. The van der Waals surface area contributed by atoms with Crippen LogP contribution < -0.4 is 11.1 Å². The van der Waals surface area contributed by atoms with Crippen molar-refractivity contribution < 1.29 is 9.59 Å². The molecular formula is C24H26ClN3O2. The zero-order valence-corrected chi connectivity index (χ0v) is 17.6. The second-order valence-electron chi connectivity index (χ2n) is 8.04. The molecule has 2 aromatic carbocycles. The molecule has 156 valence electrons. The lowest BCUT2D eigenvalue weighted by Gasteiger charge is -2.22. The third-order valence-electron chi connectivity index (χ3n) is 5.98. The van der Waals surface area contributed by atoms with Gasteiger partial charge in [0.25, 0.3) is 5.91 Å². The standard InChI is InChI=1S/C24H26ClN3O2/c25-21-19-8-4-5-9-20(19)28(15-17-10-12-18(13-11-17)23(26)29)22(21)24(30)27-14-16-6-2-1-3-7-16/h4-5,8-13,16H,1-3,6-7,14-15H2,(H2,26,29)(H,27,30). The SMILES string of the molecule is NC(=O)c1ccc(Cn2c(C(=O)NCC3CCCCC3)c(Cl)c3ccccc32)cc1. The van der Waals surface area contributed by atoms with Crippen LogP contribution in [0.1, 0.15) is 58.5 Å². The molecule has 1 fully saturated rings. The van der Waals surface area contributed by atoms with Crippen molar-refractivity contribution in [2.75, 3.05) is 6.54 Å². The fraction of sp³-hybridized carbons (Fsp3) is 0.333. The summed E-state index contributed by atoms with van der Waals surface area (Å²) >= 11 is 6.67. The van der Waals surface area contributed by atoms with Gasteiger partial charge < -0.3 is 15.6 Å². The van der Waals surface area contributed by atoms with E-state index in [1.54, 1.807) is 12.1 Å². The number of hydrogen-bond acceptors (Lipinski definition) is 2. The lowest BCUT2D eigenvalue weighted by molar-refractivity contribution is 0.0934. The van der Waals surface area contributed by atoms with Crippen LogP contribution >= 0.6 is 11.6 Å². The highest BCUT2D eigenvalue weighted by Gasteiger charge is 2.23. The predicted octanol–water partition coefficient (Wildman–Crippen LogP) is 4.75. The summed E-state index contributed by atoms with van der Waals surface area (Å²) in [5, 5.41) is 4.45. The molecule has 4 rings (SSSR count). The smallest absolute Gasteiger partial charge is 0.269 e. The minimum absolute atomic E-state index is 0.143. The second kappa shape index (κ2) is 8.92. The monoisotopic (exact) mass is 423 g/mol. The van der Waals surface area contributed by atoms with Gasteiger partial charge in [-0.05, 0) is 42.5 Å². The quantitative estimate of drug-likeness (QED) is 0.600. The van der Waals surface area contributed by atoms with Gasteiger partial charge in [-0.3, -0.25) is 9.59 Å². The molecule has 0 bridgehead atoms. The van der Waals surface area contributed by atoms with E-state index in [-0.39, 0.29) is 5.91 Å². The summed E-state index contributed by atoms with van der Waals surface area (Å²) in [4.78, 5) is 24.5. The van der Waals surface area contributed by atoms with Crippen LogP contribution in [0.5, 0.6) is 0 Å². The fourth-order valence-corrected chi connectivity index (χ4v) is 4.66. The summed E-state index contributed by atoms with van der Waals surface area (Å²) in [6, 6.07) is 14.9. The van der Waals surface area contributed by atoms with E-state index >= 15 is 0 Å². The molecule has 1 aromatic heterocycles. The first-order valence-electron chi connectivity index (χ1n) is 10.5. The highest BCUT2D eigenvalue weighted by Crippen LogP contribution is 2.32. The van der Waals surface area contributed by atoms with Crippen LogP contribution in [-0.2, 0) is 6.54 Å². The Labute approximate surface area is 181 Å². The number of nitrogens with one attached hydrogen (secondary N) is 1. The number of rotatable bonds is 6. The number of fused-ring (bicyclic) bond motifs is 1. The van der Waals surface area contributed by atoms with Gasteiger partial charge in [-0.25, -0.2) is 0 Å². The Balaban J connectivity index is 1.63. The van der Waals surface area contributed by atoms with Gasteiger partial charge >= 0.3 is 0 Å². The van der Waals surface area contributed by atoms with Gasteiger partial charge in [0.05, 0.1) is 10.5 Å². The maximum atomic E-state index is 13.2. The molecule has 3 N–H and O–H groups in total. The van der Waals surface area contributed by atoms with Crippen LogP contribution in [0.25, 0.3) is 10.9 Å². The number of hydrogen-bond donors (Lipinski definition) is 2.